The van der Waals surface area contributed by atoms with Gasteiger partial charge in [0.25, 0.3) is 5.70 Å². The molecule has 0 aromatic heterocycles. The summed E-state index contributed by atoms with van der Waals surface area (Å²) >= 11 is 0. The summed E-state index contributed by atoms with van der Waals surface area (Å²) < 4.78 is 0. The maximum absolute atomic E-state index is 10.3. The van der Waals surface area contributed by atoms with Crippen LogP contribution in [0.4, 0.5) is 0 Å². The van der Waals surface area contributed by atoms with E-state index in [0.717, 1.165) is 0 Å². The molecule has 0 amide bonds. The fourth-order valence-corrected chi connectivity index (χ4v) is 0.807. The van der Waals surface area contributed by atoms with Crippen LogP contribution in [0.25, 0.3) is 11.1 Å². The number of hydrogen-bond donors (Lipinski definition) is 0. The Hall–Kier alpha value is -1.93. The van der Waals surface area contributed by atoms with Crippen LogP contribution in [0.5, 0.6) is 0 Å². The zero-order valence-corrected chi connectivity index (χ0v) is 6.10. The van der Waals surface area contributed by atoms with Crippen molar-refractivity contribution in [1.29, 1.82) is 0 Å². The molecular formula is C8H5N2O2-. The van der Waals surface area contributed by atoms with E-state index in [0.29, 0.717) is 5.56 Å². The van der Waals surface area contributed by atoms with Crippen LogP contribution in [-0.4, -0.2) is 10.8 Å². The molecule has 0 saturated carbocycles. The Kier molecular flexibility index (Phi) is 2.35. The van der Waals surface area contributed by atoms with Gasteiger partial charge in [-0.2, -0.15) is 5.87 Å². The molecule has 0 aliphatic carbocycles. The number of benzene rings is 1. The van der Waals surface area contributed by atoms with Crippen LogP contribution in [-0.2, 0) is 0 Å². The van der Waals surface area contributed by atoms with Gasteiger partial charge >= 0.3 is 0 Å². The van der Waals surface area contributed by atoms with E-state index in [1.165, 1.54) is 18.0 Å². The maximum Gasteiger partial charge on any atom is 0.296 e. The zero-order valence-electron chi connectivity index (χ0n) is 6.10. The highest BCUT2D eigenvalue weighted by atomic mass is 16.6. The lowest BCUT2D eigenvalue weighted by molar-refractivity contribution is -0.373. The number of nitrogens with zero attached hydrogens (tertiary/aromatic N) is 2. The van der Waals surface area contributed by atoms with E-state index in [1.54, 1.807) is 18.2 Å². The van der Waals surface area contributed by atoms with Crippen LogP contribution in [0.3, 0.4) is 0 Å². The van der Waals surface area contributed by atoms with Gasteiger partial charge in [0.1, 0.15) is 0 Å². The lowest BCUT2D eigenvalue weighted by Crippen LogP contribution is -1.97. The molecule has 0 aliphatic rings. The van der Waals surface area contributed by atoms with Crippen molar-refractivity contribution in [2.45, 2.75) is 0 Å². The van der Waals surface area contributed by atoms with Crippen molar-refractivity contribution < 1.29 is 4.92 Å². The molecule has 4 nitrogen and oxygen atoms in total. The predicted molar refractivity (Wildman–Crippen MR) is 45.2 cm³/mol. The smallest absolute Gasteiger partial charge is 0.296 e. The van der Waals surface area contributed by atoms with Crippen molar-refractivity contribution >= 4 is 11.6 Å². The van der Waals surface area contributed by atoms with E-state index in [1.807, 2.05) is 0 Å². The quantitative estimate of drug-likeness (QED) is 0.375. The zero-order chi connectivity index (χ0) is 8.97. The molecule has 1 aromatic carbocycles. The highest BCUT2D eigenvalue weighted by Crippen LogP contribution is 2.10. The van der Waals surface area contributed by atoms with Crippen molar-refractivity contribution in [3.05, 3.63) is 51.4 Å². The Balaban J connectivity index is 3.14. The molecule has 0 N–H and O–H groups in total. The van der Waals surface area contributed by atoms with Crippen LogP contribution in [0, 0.1) is 10.1 Å². The highest BCUT2D eigenvalue weighted by Gasteiger charge is 2.08. The molecule has 0 bridgehead atoms. The lowest BCUT2D eigenvalue weighted by Gasteiger charge is -1.95. The highest BCUT2D eigenvalue weighted by molar-refractivity contribution is 5.86. The summed E-state index contributed by atoms with van der Waals surface area (Å²) in [6, 6.07) is 8.09. The fraction of sp³-hybridized carbons (Fsp3) is 0. The minimum Gasteiger partial charge on any atom is -0.757 e. The van der Waals surface area contributed by atoms with Crippen molar-refractivity contribution in [2.24, 2.45) is 0 Å². The summed E-state index contributed by atoms with van der Waals surface area (Å²) in [6.45, 7) is 0. The average molecular weight is 161 g/mol. The van der Waals surface area contributed by atoms with Gasteiger partial charge < -0.3 is 5.41 Å². The standard InChI is InChI=1S/C8H5N2O2/c9-6-8(10(11)12)7-4-2-1-3-5-7/h1-5H/q-1. The molecule has 1 rings (SSSR count). The second kappa shape index (κ2) is 3.46. The first-order valence-corrected chi connectivity index (χ1v) is 3.22. The molecule has 0 spiro atoms. The Bertz CT molecular complexity index is 339. The number of rotatable bonds is 2. The first-order valence-electron chi connectivity index (χ1n) is 3.22. The van der Waals surface area contributed by atoms with Crippen LogP contribution in [0.15, 0.2) is 30.3 Å². The van der Waals surface area contributed by atoms with Gasteiger partial charge in [-0.1, -0.05) is 18.2 Å². The first kappa shape index (κ1) is 8.17. The summed E-state index contributed by atoms with van der Waals surface area (Å²) in [5, 5.41) is 18.7. The third kappa shape index (κ3) is 1.56. The van der Waals surface area contributed by atoms with Gasteiger partial charge in [-0.25, -0.2) is 0 Å². The molecule has 4 heteroatoms. The average Bonchev–Trinajstić information content (AvgIpc) is 2.07. The van der Waals surface area contributed by atoms with Crippen molar-refractivity contribution in [2.75, 3.05) is 0 Å². The molecule has 12 heavy (non-hydrogen) atoms. The molecule has 0 aliphatic heterocycles. The fourth-order valence-electron chi connectivity index (χ4n) is 0.807. The monoisotopic (exact) mass is 161 g/mol. The third-order valence-corrected chi connectivity index (χ3v) is 1.34. The molecule has 0 atom stereocenters. The van der Waals surface area contributed by atoms with Crippen LogP contribution in [0.1, 0.15) is 5.56 Å². The second-order valence-electron chi connectivity index (χ2n) is 2.08. The maximum atomic E-state index is 10.3. The molecule has 0 heterocycles. The lowest BCUT2D eigenvalue weighted by atomic mass is 10.2. The molecule has 0 unspecified atom stereocenters. The summed E-state index contributed by atoms with van der Waals surface area (Å²) in [4.78, 5) is 9.59. The molecule has 0 radical (unpaired) electrons. The Morgan fingerprint density at radius 1 is 1.42 bits per heavy atom. The number of nitro groups is 1. The van der Waals surface area contributed by atoms with Crippen molar-refractivity contribution in [1.82, 2.24) is 0 Å². The topological polar surface area (TPSA) is 65.4 Å². The normalized spacial score (nSPS) is 8.67. The van der Waals surface area contributed by atoms with E-state index in [4.69, 9.17) is 5.41 Å². The van der Waals surface area contributed by atoms with Crippen molar-refractivity contribution in [3.8, 4) is 0 Å². The Morgan fingerprint density at radius 3 is 2.42 bits per heavy atom. The van der Waals surface area contributed by atoms with Gasteiger partial charge in [0.2, 0.25) is 0 Å². The molecule has 1 aromatic rings. The molecule has 0 saturated heterocycles. The minimum atomic E-state index is -0.685. The van der Waals surface area contributed by atoms with Crippen LogP contribution < -0.4 is 0 Å². The molecular weight excluding hydrogens is 156 g/mol. The number of hydrogen-bond acceptors (Lipinski definition) is 2. The molecule has 0 fully saturated rings. The molecule has 60 valence electrons. The Morgan fingerprint density at radius 2 is 2.00 bits per heavy atom. The van der Waals surface area contributed by atoms with E-state index in [-0.39, 0.29) is 0 Å². The summed E-state index contributed by atoms with van der Waals surface area (Å²) in [6.07, 6.45) is 0. The van der Waals surface area contributed by atoms with E-state index < -0.39 is 10.6 Å². The van der Waals surface area contributed by atoms with E-state index in [2.05, 4.69) is 0 Å². The SMILES string of the molecule is [N-]=C=C(c1ccccc1)[N+](=O)[O-]. The van der Waals surface area contributed by atoms with Crippen LogP contribution >= 0.6 is 0 Å². The summed E-state index contributed by atoms with van der Waals surface area (Å²) in [5.74, 6) is 1.54. The minimum absolute atomic E-state index is 0.338. The third-order valence-electron chi connectivity index (χ3n) is 1.34. The van der Waals surface area contributed by atoms with Crippen molar-refractivity contribution in [3.63, 3.8) is 0 Å². The van der Waals surface area contributed by atoms with Gasteiger partial charge in [0.05, 0.1) is 10.5 Å². The second-order valence-corrected chi connectivity index (χ2v) is 2.08. The Labute approximate surface area is 68.8 Å². The van der Waals surface area contributed by atoms with Gasteiger partial charge in [0.15, 0.2) is 0 Å². The summed E-state index contributed by atoms with van der Waals surface area (Å²) in [5.41, 5.74) is -0.0828. The van der Waals surface area contributed by atoms with Gasteiger partial charge in [0, 0.05) is 0 Å². The van der Waals surface area contributed by atoms with Gasteiger partial charge in [-0.15, -0.1) is 0 Å². The van der Waals surface area contributed by atoms with Crippen LogP contribution in [0.2, 0.25) is 0 Å². The van der Waals surface area contributed by atoms with Gasteiger partial charge in [-0.3, -0.25) is 10.1 Å². The summed E-state index contributed by atoms with van der Waals surface area (Å²) in [7, 11) is 0. The van der Waals surface area contributed by atoms with Gasteiger partial charge in [-0.05, 0) is 12.1 Å². The predicted octanol–water partition coefficient (Wildman–Crippen LogP) is 1.54. The van der Waals surface area contributed by atoms with E-state index in [9.17, 15) is 10.1 Å². The largest absolute Gasteiger partial charge is 0.757 e. The van der Waals surface area contributed by atoms with E-state index >= 15 is 0 Å². The first-order chi connectivity index (χ1) is 5.75.